The van der Waals surface area contributed by atoms with Crippen molar-refractivity contribution in [2.24, 2.45) is 5.92 Å². The second-order valence-corrected chi connectivity index (χ2v) is 6.66. The molecule has 3 heteroatoms. The zero-order valence-corrected chi connectivity index (χ0v) is 11.6. The topological polar surface area (TPSA) is 20.3 Å². The van der Waals surface area contributed by atoms with Crippen molar-refractivity contribution in [3.8, 4) is 0 Å². The summed E-state index contributed by atoms with van der Waals surface area (Å²) < 4.78 is 0. The fraction of sp³-hybridized carbons (Fsp3) is 0.667. The Morgan fingerprint density at radius 3 is 2.83 bits per heavy atom. The predicted molar refractivity (Wildman–Crippen MR) is 74.7 cm³/mol. The monoisotopic (exact) mass is 263 g/mol. The zero-order chi connectivity index (χ0) is 12.4. The van der Waals surface area contributed by atoms with Crippen molar-refractivity contribution in [1.29, 1.82) is 0 Å². The highest BCUT2D eigenvalue weighted by Crippen LogP contribution is 2.31. The minimum Gasteiger partial charge on any atom is -0.299 e. The summed E-state index contributed by atoms with van der Waals surface area (Å²) in [6, 6.07) is 5.15. The van der Waals surface area contributed by atoms with Crippen molar-refractivity contribution >= 4 is 17.1 Å². The molecule has 1 unspecified atom stereocenters. The summed E-state index contributed by atoms with van der Waals surface area (Å²) in [6.45, 7) is 2.20. The molecule has 2 aliphatic carbocycles. The van der Waals surface area contributed by atoms with Crippen LogP contribution in [-0.2, 0) is 11.3 Å². The van der Waals surface area contributed by atoms with Crippen molar-refractivity contribution in [2.45, 2.75) is 51.1 Å². The van der Waals surface area contributed by atoms with E-state index in [4.69, 9.17) is 0 Å². The number of carbonyl (C=O) groups is 1. The number of thiophene rings is 1. The van der Waals surface area contributed by atoms with Crippen molar-refractivity contribution < 1.29 is 4.79 Å². The number of hydrogen-bond acceptors (Lipinski definition) is 3. The van der Waals surface area contributed by atoms with Gasteiger partial charge in [0.25, 0.3) is 0 Å². The minimum absolute atomic E-state index is 0.370. The Morgan fingerprint density at radius 2 is 2.22 bits per heavy atom. The molecule has 0 aliphatic heterocycles. The summed E-state index contributed by atoms with van der Waals surface area (Å²) in [7, 11) is 0. The molecule has 1 aromatic heterocycles. The molecule has 1 aromatic rings. The SMILES string of the molecule is O=C1CCCC1CCN(Cc1cccs1)C1CC1. The summed E-state index contributed by atoms with van der Waals surface area (Å²) in [6.07, 6.45) is 6.88. The molecule has 0 bridgehead atoms. The number of ketones is 1. The zero-order valence-electron chi connectivity index (χ0n) is 10.8. The van der Waals surface area contributed by atoms with Crippen LogP contribution in [0.15, 0.2) is 17.5 Å². The molecule has 0 saturated heterocycles. The molecule has 0 spiro atoms. The van der Waals surface area contributed by atoms with Crippen LogP contribution in [-0.4, -0.2) is 23.3 Å². The van der Waals surface area contributed by atoms with Gasteiger partial charge in [-0.2, -0.15) is 0 Å². The third kappa shape index (κ3) is 3.01. The van der Waals surface area contributed by atoms with Crippen LogP contribution in [0, 0.1) is 5.92 Å². The Kier molecular flexibility index (Phi) is 3.80. The van der Waals surface area contributed by atoms with Gasteiger partial charge in [-0.3, -0.25) is 9.69 Å². The molecule has 18 heavy (non-hydrogen) atoms. The van der Waals surface area contributed by atoms with Crippen molar-refractivity contribution in [3.63, 3.8) is 0 Å². The maximum atomic E-state index is 11.7. The molecule has 2 aliphatic rings. The molecule has 2 saturated carbocycles. The molecule has 1 atom stereocenters. The molecule has 3 rings (SSSR count). The van der Waals surface area contributed by atoms with E-state index in [2.05, 4.69) is 22.4 Å². The lowest BCUT2D eigenvalue weighted by Crippen LogP contribution is -2.28. The molecular weight excluding hydrogens is 242 g/mol. The van der Waals surface area contributed by atoms with Gasteiger partial charge in [0.1, 0.15) is 5.78 Å². The lowest BCUT2D eigenvalue weighted by Gasteiger charge is -2.22. The van der Waals surface area contributed by atoms with Gasteiger partial charge < -0.3 is 0 Å². The number of rotatable bonds is 6. The fourth-order valence-electron chi connectivity index (χ4n) is 2.95. The Hall–Kier alpha value is -0.670. The van der Waals surface area contributed by atoms with Crippen LogP contribution in [0.2, 0.25) is 0 Å². The molecule has 0 N–H and O–H groups in total. The van der Waals surface area contributed by atoms with Crippen LogP contribution in [0.3, 0.4) is 0 Å². The normalized spacial score (nSPS) is 24.1. The van der Waals surface area contributed by atoms with Gasteiger partial charge in [-0.15, -0.1) is 11.3 Å². The van der Waals surface area contributed by atoms with E-state index in [0.29, 0.717) is 11.7 Å². The molecule has 0 aromatic carbocycles. The highest BCUT2D eigenvalue weighted by atomic mass is 32.1. The van der Waals surface area contributed by atoms with Crippen LogP contribution in [0.4, 0.5) is 0 Å². The van der Waals surface area contributed by atoms with Crippen LogP contribution in [0.25, 0.3) is 0 Å². The average Bonchev–Trinajstić information content (AvgIpc) is 2.93. The largest absolute Gasteiger partial charge is 0.299 e. The van der Waals surface area contributed by atoms with Crippen LogP contribution in [0.5, 0.6) is 0 Å². The van der Waals surface area contributed by atoms with Gasteiger partial charge in [-0.25, -0.2) is 0 Å². The van der Waals surface area contributed by atoms with E-state index in [1.165, 1.54) is 17.7 Å². The predicted octanol–water partition coefficient (Wildman–Crippen LogP) is 3.47. The second-order valence-electron chi connectivity index (χ2n) is 5.63. The standard InChI is InChI=1S/C15H21NOS/c17-15-5-1-3-12(15)8-9-16(13-6-7-13)11-14-4-2-10-18-14/h2,4,10,12-13H,1,3,5-9,11H2. The molecule has 2 nitrogen and oxygen atoms in total. The van der Waals surface area contributed by atoms with E-state index in [0.717, 1.165) is 44.8 Å². The van der Waals surface area contributed by atoms with Gasteiger partial charge in [-0.1, -0.05) is 6.07 Å². The Bertz CT molecular complexity index is 397. The average molecular weight is 263 g/mol. The first-order valence-electron chi connectivity index (χ1n) is 7.12. The van der Waals surface area contributed by atoms with Gasteiger partial charge in [-0.05, 0) is 50.1 Å². The Morgan fingerprint density at radius 1 is 1.33 bits per heavy atom. The molecule has 98 valence electrons. The highest BCUT2D eigenvalue weighted by Gasteiger charge is 2.31. The van der Waals surface area contributed by atoms with Gasteiger partial charge >= 0.3 is 0 Å². The number of hydrogen-bond donors (Lipinski definition) is 0. The van der Waals surface area contributed by atoms with E-state index in [-0.39, 0.29) is 0 Å². The van der Waals surface area contributed by atoms with E-state index >= 15 is 0 Å². The maximum Gasteiger partial charge on any atom is 0.136 e. The highest BCUT2D eigenvalue weighted by molar-refractivity contribution is 7.09. The second kappa shape index (κ2) is 5.54. The third-order valence-corrected chi connectivity index (χ3v) is 5.06. The first kappa shape index (κ1) is 12.4. The van der Waals surface area contributed by atoms with Gasteiger partial charge in [0.15, 0.2) is 0 Å². The van der Waals surface area contributed by atoms with E-state index in [1.807, 2.05) is 11.3 Å². The quantitative estimate of drug-likeness (QED) is 0.783. The minimum atomic E-state index is 0.370. The smallest absolute Gasteiger partial charge is 0.136 e. The van der Waals surface area contributed by atoms with Crippen LogP contribution in [0.1, 0.15) is 43.4 Å². The van der Waals surface area contributed by atoms with Gasteiger partial charge in [0, 0.05) is 29.8 Å². The van der Waals surface area contributed by atoms with Gasteiger partial charge in [0.05, 0.1) is 0 Å². The number of Topliss-reactive ketones (excluding diaryl/α,β-unsaturated/α-hetero) is 1. The Labute approximate surface area is 113 Å². The number of nitrogens with zero attached hydrogens (tertiary/aromatic N) is 1. The fourth-order valence-corrected chi connectivity index (χ4v) is 3.68. The van der Waals surface area contributed by atoms with Crippen LogP contribution < -0.4 is 0 Å². The summed E-state index contributed by atoms with van der Waals surface area (Å²) in [5.41, 5.74) is 0. The summed E-state index contributed by atoms with van der Waals surface area (Å²) in [5, 5.41) is 2.15. The third-order valence-electron chi connectivity index (χ3n) is 4.20. The molecule has 2 fully saturated rings. The first-order valence-corrected chi connectivity index (χ1v) is 8.00. The van der Waals surface area contributed by atoms with Crippen molar-refractivity contribution in [3.05, 3.63) is 22.4 Å². The summed E-state index contributed by atoms with van der Waals surface area (Å²) >= 11 is 1.85. The summed E-state index contributed by atoms with van der Waals surface area (Å²) in [4.78, 5) is 15.7. The van der Waals surface area contributed by atoms with E-state index in [9.17, 15) is 4.79 Å². The molecule has 0 amide bonds. The maximum absolute atomic E-state index is 11.7. The molecule has 0 radical (unpaired) electrons. The summed E-state index contributed by atoms with van der Waals surface area (Å²) in [5.74, 6) is 0.886. The van der Waals surface area contributed by atoms with Crippen molar-refractivity contribution in [1.82, 2.24) is 4.90 Å². The van der Waals surface area contributed by atoms with E-state index < -0.39 is 0 Å². The Balaban J connectivity index is 1.52. The van der Waals surface area contributed by atoms with Gasteiger partial charge in [0.2, 0.25) is 0 Å². The first-order chi connectivity index (χ1) is 8.83. The van der Waals surface area contributed by atoms with E-state index in [1.54, 1.807) is 0 Å². The van der Waals surface area contributed by atoms with Crippen LogP contribution >= 0.6 is 11.3 Å². The lowest BCUT2D eigenvalue weighted by molar-refractivity contribution is -0.120. The van der Waals surface area contributed by atoms with Crippen molar-refractivity contribution in [2.75, 3.05) is 6.54 Å². The molecule has 1 heterocycles. The molecular formula is C15H21NOS. The number of carbonyl (C=O) groups excluding carboxylic acids is 1. The lowest BCUT2D eigenvalue weighted by atomic mass is 10.0.